The maximum absolute atomic E-state index is 12.3. The van der Waals surface area contributed by atoms with E-state index in [9.17, 15) is 14.4 Å². The first-order chi connectivity index (χ1) is 15.3. The molecule has 0 bridgehead atoms. The fourth-order valence-electron chi connectivity index (χ4n) is 2.98. The number of carbonyl (C=O) groups is 3. The number of hydrogen-bond acceptors (Lipinski definition) is 6. The zero-order chi connectivity index (χ0) is 25.1. The van der Waals surface area contributed by atoms with Crippen molar-refractivity contribution in [1.82, 2.24) is 10.6 Å². The van der Waals surface area contributed by atoms with Crippen LogP contribution in [-0.4, -0.2) is 49.1 Å². The molecule has 0 atom stereocenters. The summed E-state index contributed by atoms with van der Waals surface area (Å²) in [6.45, 7) is 13.9. The number of alkyl carbamates (subject to hydrolysis) is 2. The van der Waals surface area contributed by atoms with Gasteiger partial charge in [-0.2, -0.15) is 0 Å². The Balaban J connectivity index is 2.66. The lowest BCUT2D eigenvalue weighted by Gasteiger charge is -2.19. The van der Waals surface area contributed by atoms with Crippen LogP contribution in [0.5, 0.6) is 0 Å². The van der Waals surface area contributed by atoms with Gasteiger partial charge in [0.25, 0.3) is 0 Å². The van der Waals surface area contributed by atoms with Gasteiger partial charge in [-0.1, -0.05) is 6.07 Å². The van der Waals surface area contributed by atoms with E-state index in [4.69, 9.17) is 14.2 Å². The summed E-state index contributed by atoms with van der Waals surface area (Å²) < 4.78 is 15.6. The highest BCUT2D eigenvalue weighted by Gasteiger charge is 2.16. The lowest BCUT2D eigenvalue weighted by atomic mass is 9.99. The normalized spacial score (nSPS) is 11.5. The Kier molecular flexibility index (Phi) is 11.2. The number of amides is 2. The standard InChI is InChI=1S/C25H40N2O6/c1-8-31-21(28)20-16-18(11-9-13-26-22(29)32-24(2,3)4)15-19(17-20)12-10-14-27-23(30)33-25(5,6)7/h15-17H,8-14H2,1-7H3,(H,26,29)(H,27,30). The number of carbonyl (C=O) groups excluding carboxylic acids is 3. The summed E-state index contributed by atoms with van der Waals surface area (Å²) in [4.78, 5) is 35.8. The van der Waals surface area contributed by atoms with Gasteiger partial charge in [-0.3, -0.25) is 0 Å². The zero-order valence-electron chi connectivity index (χ0n) is 21.1. The van der Waals surface area contributed by atoms with Crippen LogP contribution >= 0.6 is 0 Å². The van der Waals surface area contributed by atoms with Gasteiger partial charge in [-0.05, 0) is 97.4 Å². The van der Waals surface area contributed by atoms with Gasteiger partial charge in [-0.25, -0.2) is 14.4 Å². The van der Waals surface area contributed by atoms with Gasteiger partial charge < -0.3 is 24.8 Å². The Bertz CT molecular complexity index is 739. The van der Waals surface area contributed by atoms with Crippen molar-refractivity contribution >= 4 is 18.2 Å². The highest BCUT2D eigenvalue weighted by atomic mass is 16.6. The molecule has 8 nitrogen and oxygen atoms in total. The second-order valence-electron chi connectivity index (χ2n) is 9.82. The molecule has 0 unspecified atom stereocenters. The number of ether oxygens (including phenoxy) is 3. The van der Waals surface area contributed by atoms with Crippen molar-refractivity contribution in [3.05, 3.63) is 34.9 Å². The Labute approximate surface area is 197 Å². The van der Waals surface area contributed by atoms with E-state index in [2.05, 4.69) is 10.6 Å². The summed E-state index contributed by atoms with van der Waals surface area (Å²) in [6, 6.07) is 5.70. The fraction of sp³-hybridized carbons (Fsp3) is 0.640. The lowest BCUT2D eigenvalue weighted by molar-refractivity contribution is 0.0516. The topological polar surface area (TPSA) is 103 Å². The molecule has 0 aliphatic rings. The molecule has 0 aliphatic carbocycles. The first kappa shape index (κ1) is 28.3. The number of aryl methyl sites for hydroxylation is 2. The predicted molar refractivity (Wildman–Crippen MR) is 128 cm³/mol. The Morgan fingerprint density at radius 3 is 1.55 bits per heavy atom. The van der Waals surface area contributed by atoms with Crippen molar-refractivity contribution in [1.29, 1.82) is 0 Å². The smallest absolute Gasteiger partial charge is 0.407 e. The van der Waals surface area contributed by atoms with Crippen LogP contribution in [-0.2, 0) is 27.1 Å². The highest BCUT2D eigenvalue weighted by Crippen LogP contribution is 2.15. The molecular formula is C25H40N2O6. The molecule has 8 heteroatoms. The number of nitrogens with one attached hydrogen (secondary N) is 2. The maximum Gasteiger partial charge on any atom is 0.407 e. The molecule has 2 amide bonds. The van der Waals surface area contributed by atoms with E-state index in [-0.39, 0.29) is 5.97 Å². The van der Waals surface area contributed by atoms with Gasteiger partial charge in [0.2, 0.25) is 0 Å². The summed E-state index contributed by atoms with van der Waals surface area (Å²) in [5, 5.41) is 5.49. The van der Waals surface area contributed by atoms with Gasteiger partial charge >= 0.3 is 18.2 Å². The Morgan fingerprint density at radius 2 is 1.18 bits per heavy atom. The molecule has 0 radical (unpaired) electrons. The second kappa shape index (κ2) is 13.1. The van der Waals surface area contributed by atoms with Crippen LogP contribution in [0.4, 0.5) is 9.59 Å². The average molecular weight is 465 g/mol. The van der Waals surface area contributed by atoms with Crippen LogP contribution in [0.15, 0.2) is 18.2 Å². The van der Waals surface area contributed by atoms with E-state index >= 15 is 0 Å². The van der Waals surface area contributed by atoms with E-state index in [1.807, 2.05) is 59.7 Å². The molecule has 33 heavy (non-hydrogen) atoms. The van der Waals surface area contributed by atoms with Crippen molar-refractivity contribution in [3.63, 3.8) is 0 Å². The third-order valence-electron chi connectivity index (χ3n) is 4.18. The van der Waals surface area contributed by atoms with Gasteiger partial charge in [0.15, 0.2) is 0 Å². The van der Waals surface area contributed by atoms with E-state index in [0.29, 0.717) is 50.9 Å². The predicted octanol–water partition coefficient (Wildman–Crippen LogP) is 4.78. The quantitative estimate of drug-likeness (QED) is 0.293. The molecule has 0 fully saturated rings. The summed E-state index contributed by atoms with van der Waals surface area (Å²) in [7, 11) is 0. The second-order valence-corrected chi connectivity index (χ2v) is 9.82. The first-order valence-electron chi connectivity index (χ1n) is 11.5. The largest absolute Gasteiger partial charge is 0.462 e. The minimum Gasteiger partial charge on any atom is -0.462 e. The fourth-order valence-corrected chi connectivity index (χ4v) is 2.98. The molecule has 0 spiro atoms. The number of hydrogen-bond donors (Lipinski definition) is 2. The first-order valence-corrected chi connectivity index (χ1v) is 11.5. The lowest BCUT2D eigenvalue weighted by Crippen LogP contribution is -2.33. The third-order valence-corrected chi connectivity index (χ3v) is 4.18. The van der Waals surface area contributed by atoms with Crippen molar-refractivity contribution < 1.29 is 28.6 Å². The van der Waals surface area contributed by atoms with Gasteiger partial charge in [0.1, 0.15) is 11.2 Å². The van der Waals surface area contributed by atoms with Crippen LogP contribution in [0.3, 0.4) is 0 Å². The highest BCUT2D eigenvalue weighted by molar-refractivity contribution is 5.89. The third kappa shape index (κ3) is 13.4. The zero-order valence-corrected chi connectivity index (χ0v) is 21.1. The number of esters is 1. The van der Waals surface area contributed by atoms with Gasteiger partial charge in [0.05, 0.1) is 12.2 Å². The van der Waals surface area contributed by atoms with E-state index in [1.54, 1.807) is 6.92 Å². The van der Waals surface area contributed by atoms with Crippen LogP contribution in [0.1, 0.15) is 82.8 Å². The molecule has 0 saturated heterocycles. The van der Waals surface area contributed by atoms with Crippen LogP contribution in [0.2, 0.25) is 0 Å². The molecule has 186 valence electrons. The molecule has 1 aromatic rings. The van der Waals surface area contributed by atoms with Crippen molar-refractivity contribution in [3.8, 4) is 0 Å². The monoisotopic (exact) mass is 464 g/mol. The molecule has 1 rings (SSSR count). The van der Waals surface area contributed by atoms with Crippen LogP contribution in [0.25, 0.3) is 0 Å². The maximum atomic E-state index is 12.3. The van der Waals surface area contributed by atoms with Crippen LogP contribution < -0.4 is 10.6 Å². The van der Waals surface area contributed by atoms with E-state index in [0.717, 1.165) is 11.1 Å². The summed E-state index contributed by atoms with van der Waals surface area (Å²) in [5.74, 6) is -0.362. The van der Waals surface area contributed by atoms with Crippen molar-refractivity contribution in [2.75, 3.05) is 19.7 Å². The molecule has 0 saturated carbocycles. The molecule has 0 aromatic heterocycles. The average Bonchev–Trinajstić information content (AvgIpc) is 2.66. The Hall–Kier alpha value is -2.77. The number of rotatable bonds is 10. The molecule has 1 aromatic carbocycles. The molecule has 0 aliphatic heterocycles. The summed E-state index contributed by atoms with van der Waals surface area (Å²) >= 11 is 0. The van der Waals surface area contributed by atoms with E-state index in [1.165, 1.54) is 0 Å². The molecular weight excluding hydrogens is 424 g/mol. The van der Waals surface area contributed by atoms with Crippen LogP contribution in [0, 0.1) is 0 Å². The minimum atomic E-state index is -0.536. The number of benzene rings is 1. The van der Waals surface area contributed by atoms with Crippen molar-refractivity contribution in [2.45, 2.75) is 85.4 Å². The molecule has 2 N–H and O–H groups in total. The van der Waals surface area contributed by atoms with Gasteiger partial charge in [-0.15, -0.1) is 0 Å². The molecule has 0 heterocycles. The SMILES string of the molecule is CCOC(=O)c1cc(CCCNC(=O)OC(C)(C)C)cc(CCCNC(=O)OC(C)(C)C)c1. The Morgan fingerprint density at radius 1 is 0.758 bits per heavy atom. The van der Waals surface area contributed by atoms with E-state index < -0.39 is 23.4 Å². The minimum absolute atomic E-state index is 0.304. The summed E-state index contributed by atoms with van der Waals surface area (Å²) in [6.07, 6.45) is 1.89. The summed E-state index contributed by atoms with van der Waals surface area (Å²) in [5.41, 5.74) is 1.41. The van der Waals surface area contributed by atoms with Crippen molar-refractivity contribution in [2.24, 2.45) is 0 Å². The van der Waals surface area contributed by atoms with Gasteiger partial charge in [0, 0.05) is 13.1 Å².